The number of benzene rings is 2. The van der Waals surface area contributed by atoms with Crippen molar-refractivity contribution in [3.63, 3.8) is 0 Å². The van der Waals surface area contributed by atoms with Gasteiger partial charge in [-0.3, -0.25) is 4.79 Å². The van der Waals surface area contributed by atoms with E-state index in [1.165, 1.54) is 37.4 Å². The Kier molecular flexibility index (Phi) is 4.83. The van der Waals surface area contributed by atoms with Gasteiger partial charge in [-0.1, -0.05) is 0 Å². The number of ether oxygens (including phenoxy) is 2. The van der Waals surface area contributed by atoms with Crippen molar-refractivity contribution in [1.82, 2.24) is 0 Å². The molecule has 1 N–H and O–H groups in total. The summed E-state index contributed by atoms with van der Waals surface area (Å²) in [5.74, 6) is -0.357. The summed E-state index contributed by atoms with van der Waals surface area (Å²) in [5, 5.41) is 3.32. The van der Waals surface area contributed by atoms with Gasteiger partial charge in [-0.15, -0.1) is 0 Å². The molecule has 1 heterocycles. The molecule has 134 valence electrons. The van der Waals surface area contributed by atoms with Crippen LogP contribution in [0, 0.1) is 0 Å². The minimum atomic E-state index is -2.93. The Bertz CT molecular complexity index is 999. The topological polar surface area (TPSA) is 77.8 Å². The number of halogens is 2. The molecule has 0 bridgehead atoms. The molecule has 0 atom stereocenters. The molecule has 0 saturated carbocycles. The smallest absolute Gasteiger partial charge is 0.387 e. The number of hydrogen-bond donors (Lipinski definition) is 1. The zero-order valence-corrected chi connectivity index (χ0v) is 13.5. The molecule has 0 aliphatic carbocycles. The number of alkyl halides is 2. The lowest BCUT2D eigenvalue weighted by atomic mass is 10.1. The minimum absolute atomic E-state index is 0.0395. The van der Waals surface area contributed by atoms with Crippen LogP contribution in [0.25, 0.3) is 10.8 Å². The largest absolute Gasteiger partial charge is 0.497 e. The summed E-state index contributed by atoms with van der Waals surface area (Å²) in [6.45, 7) is -2.93. The Morgan fingerprint density at radius 3 is 2.42 bits per heavy atom. The Morgan fingerprint density at radius 2 is 1.77 bits per heavy atom. The number of carbonyl (C=O) groups is 1. The quantitative estimate of drug-likeness (QED) is 0.750. The van der Waals surface area contributed by atoms with Gasteiger partial charge >= 0.3 is 12.2 Å². The van der Waals surface area contributed by atoms with E-state index in [0.29, 0.717) is 22.2 Å². The summed E-state index contributed by atoms with van der Waals surface area (Å²) in [4.78, 5) is 24.3. The number of rotatable bonds is 5. The van der Waals surface area contributed by atoms with Gasteiger partial charge in [0, 0.05) is 5.69 Å². The lowest BCUT2D eigenvalue weighted by Crippen LogP contribution is -2.15. The number of methoxy groups -OCH3 is 1. The fourth-order valence-electron chi connectivity index (χ4n) is 2.32. The lowest BCUT2D eigenvalue weighted by molar-refractivity contribution is -0.0498. The molecule has 1 aromatic heterocycles. The highest BCUT2D eigenvalue weighted by Crippen LogP contribution is 2.21. The van der Waals surface area contributed by atoms with Gasteiger partial charge in [-0.2, -0.15) is 8.78 Å². The normalized spacial score (nSPS) is 10.8. The second-order valence-electron chi connectivity index (χ2n) is 5.21. The molecule has 0 radical (unpaired) electrons. The molecule has 2 aromatic carbocycles. The van der Waals surface area contributed by atoms with Crippen LogP contribution in [0.15, 0.2) is 57.7 Å². The Morgan fingerprint density at radius 1 is 1.08 bits per heavy atom. The second kappa shape index (κ2) is 7.22. The second-order valence-corrected chi connectivity index (χ2v) is 5.21. The van der Waals surface area contributed by atoms with Crippen molar-refractivity contribution in [2.45, 2.75) is 6.61 Å². The van der Waals surface area contributed by atoms with Crippen LogP contribution in [0.4, 0.5) is 14.5 Å². The van der Waals surface area contributed by atoms with Crippen molar-refractivity contribution in [3.8, 4) is 11.5 Å². The number of fused-ring (bicyclic) bond motifs is 1. The molecule has 0 saturated heterocycles. The Labute approximate surface area is 146 Å². The van der Waals surface area contributed by atoms with Crippen LogP contribution in [-0.2, 0) is 0 Å². The molecule has 0 spiro atoms. The number of carbonyl (C=O) groups excluding carboxylic acids is 1. The van der Waals surface area contributed by atoms with Crippen LogP contribution in [0.5, 0.6) is 11.5 Å². The fraction of sp³-hybridized carbons (Fsp3) is 0.111. The van der Waals surface area contributed by atoms with Gasteiger partial charge in [0.25, 0.3) is 5.91 Å². The van der Waals surface area contributed by atoms with E-state index in [1.54, 1.807) is 18.2 Å². The van der Waals surface area contributed by atoms with E-state index < -0.39 is 18.1 Å². The molecular weight excluding hydrogens is 348 g/mol. The van der Waals surface area contributed by atoms with Gasteiger partial charge in [-0.05, 0) is 53.9 Å². The zero-order valence-electron chi connectivity index (χ0n) is 13.5. The molecule has 0 aliphatic heterocycles. The van der Waals surface area contributed by atoms with Crippen molar-refractivity contribution in [2.75, 3.05) is 12.4 Å². The Balaban J connectivity index is 1.84. The molecule has 8 heteroatoms. The van der Waals surface area contributed by atoms with Crippen LogP contribution >= 0.6 is 0 Å². The molecule has 1 amide bonds. The number of amides is 1. The zero-order chi connectivity index (χ0) is 18.7. The van der Waals surface area contributed by atoms with E-state index in [4.69, 9.17) is 9.15 Å². The van der Waals surface area contributed by atoms with E-state index in [9.17, 15) is 18.4 Å². The molecule has 0 fully saturated rings. The van der Waals surface area contributed by atoms with E-state index in [0.717, 1.165) is 0 Å². The van der Waals surface area contributed by atoms with Gasteiger partial charge in [0.1, 0.15) is 11.5 Å². The van der Waals surface area contributed by atoms with Gasteiger partial charge in [0.2, 0.25) is 0 Å². The van der Waals surface area contributed by atoms with E-state index in [-0.39, 0.29) is 11.5 Å². The first-order chi connectivity index (χ1) is 12.5. The average Bonchev–Trinajstić information content (AvgIpc) is 2.62. The third kappa shape index (κ3) is 3.80. The molecule has 0 aliphatic rings. The first kappa shape index (κ1) is 17.4. The third-order valence-electron chi connectivity index (χ3n) is 3.53. The molecular formula is C18H13F2NO5. The predicted octanol–water partition coefficient (Wildman–Crippen LogP) is 3.66. The summed E-state index contributed by atoms with van der Waals surface area (Å²) in [6.07, 6.45) is 0. The summed E-state index contributed by atoms with van der Waals surface area (Å²) in [5.41, 5.74) is -0.332. The maximum Gasteiger partial charge on any atom is 0.387 e. The molecule has 6 nitrogen and oxygen atoms in total. The third-order valence-corrected chi connectivity index (χ3v) is 3.53. The van der Waals surface area contributed by atoms with Gasteiger partial charge in [0.05, 0.1) is 12.5 Å². The van der Waals surface area contributed by atoms with Gasteiger partial charge in [-0.25, -0.2) is 4.79 Å². The Hall–Kier alpha value is -3.42. The van der Waals surface area contributed by atoms with Gasteiger partial charge in [0.15, 0.2) is 5.76 Å². The van der Waals surface area contributed by atoms with E-state index in [1.807, 2.05) is 0 Å². The first-order valence-corrected chi connectivity index (χ1v) is 7.44. The monoisotopic (exact) mass is 361 g/mol. The molecule has 0 unspecified atom stereocenters. The molecule has 3 rings (SSSR count). The average molecular weight is 361 g/mol. The molecule has 3 aromatic rings. The van der Waals surface area contributed by atoms with Crippen molar-refractivity contribution < 1.29 is 27.5 Å². The number of hydrogen-bond acceptors (Lipinski definition) is 5. The van der Waals surface area contributed by atoms with Crippen molar-refractivity contribution in [2.24, 2.45) is 0 Å². The highest BCUT2D eigenvalue weighted by molar-refractivity contribution is 6.04. The van der Waals surface area contributed by atoms with Gasteiger partial charge < -0.3 is 19.2 Å². The summed E-state index contributed by atoms with van der Waals surface area (Å²) in [7, 11) is 1.49. The number of anilines is 1. The summed E-state index contributed by atoms with van der Waals surface area (Å²) < 4.78 is 38.6. The first-order valence-electron chi connectivity index (χ1n) is 7.44. The maximum atomic E-state index is 12.3. The van der Waals surface area contributed by atoms with Crippen LogP contribution in [0.2, 0.25) is 0 Å². The highest BCUT2D eigenvalue weighted by atomic mass is 19.3. The predicted molar refractivity (Wildman–Crippen MR) is 90.1 cm³/mol. The maximum absolute atomic E-state index is 12.3. The van der Waals surface area contributed by atoms with Crippen LogP contribution in [0.1, 0.15) is 10.6 Å². The number of nitrogens with one attached hydrogen (secondary N) is 1. The van der Waals surface area contributed by atoms with Crippen molar-refractivity contribution in [3.05, 3.63) is 64.7 Å². The summed E-state index contributed by atoms with van der Waals surface area (Å²) >= 11 is 0. The SMILES string of the molecule is COc1ccc2c(=O)oc(C(=O)Nc3ccc(OC(F)F)cc3)cc2c1. The fourth-order valence-corrected chi connectivity index (χ4v) is 2.32. The minimum Gasteiger partial charge on any atom is -0.497 e. The van der Waals surface area contributed by atoms with Crippen molar-refractivity contribution >= 4 is 22.4 Å². The van der Waals surface area contributed by atoms with E-state index >= 15 is 0 Å². The summed E-state index contributed by atoms with van der Waals surface area (Å²) in [6, 6.07) is 11.5. The van der Waals surface area contributed by atoms with Crippen LogP contribution < -0.4 is 20.4 Å². The van der Waals surface area contributed by atoms with Crippen molar-refractivity contribution in [1.29, 1.82) is 0 Å². The molecule has 26 heavy (non-hydrogen) atoms. The highest BCUT2D eigenvalue weighted by Gasteiger charge is 2.13. The van der Waals surface area contributed by atoms with Crippen LogP contribution in [-0.4, -0.2) is 19.6 Å². The van der Waals surface area contributed by atoms with E-state index in [2.05, 4.69) is 10.1 Å². The lowest BCUT2D eigenvalue weighted by Gasteiger charge is -2.08. The standard InChI is InChI=1S/C18H13F2NO5/c1-24-13-6-7-14-10(8-13)9-15(26-17(14)23)16(22)21-11-2-4-12(5-3-11)25-18(19)20/h2-9,18H,1H3,(H,21,22). The van der Waals surface area contributed by atoms with Crippen LogP contribution in [0.3, 0.4) is 0 Å².